The number of hydrogen-bond acceptors (Lipinski definition) is 19. The largest absolute Gasteiger partial charge is 0.508 e. The van der Waals surface area contributed by atoms with Crippen molar-refractivity contribution in [3.8, 4) is 46.0 Å². The molecular weight excluding hydrogens is 1080 g/mol. The minimum absolute atomic E-state index is 0.0423. The predicted molar refractivity (Wildman–Crippen MR) is 282 cm³/mol. The van der Waals surface area contributed by atoms with Crippen LogP contribution in [0.3, 0.4) is 0 Å². The van der Waals surface area contributed by atoms with E-state index in [-0.39, 0.29) is 152 Å². The van der Waals surface area contributed by atoms with E-state index < -0.39 is 87.1 Å². The third kappa shape index (κ3) is 8.87. The summed E-state index contributed by atoms with van der Waals surface area (Å²) in [6.07, 6.45) is -0.618. The first-order valence-electron chi connectivity index (χ1n) is 24.8. The van der Waals surface area contributed by atoms with Gasteiger partial charge in [-0.15, -0.1) is 23.2 Å². The number of esters is 2. The molecule has 0 aromatic heterocycles. The molecule has 412 valence electrons. The van der Waals surface area contributed by atoms with E-state index in [1.54, 1.807) is 0 Å². The van der Waals surface area contributed by atoms with E-state index in [9.17, 15) is 64.2 Å². The molecule has 0 saturated heterocycles. The molecule has 2 spiro atoms. The van der Waals surface area contributed by atoms with Gasteiger partial charge in [-0.05, 0) is 135 Å². The van der Waals surface area contributed by atoms with Crippen molar-refractivity contribution < 1.29 is 83.1 Å². The lowest BCUT2D eigenvalue weighted by atomic mass is 9.75. The topological polar surface area (TPSA) is 382 Å². The molecule has 23 heteroatoms. The summed E-state index contributed by atoms with van der Waals surface area (Å²) in [5.74, 6) is -10.2. The average Bonchev–Trinajstić information content (AvgIpc) is 3.34. The third-order valence-electron chi connectivity index (χ3n) is 15.1. The van der Waals surface area contributed by atoms with E-state index in [0.717, 1.165) is 0 Å². The Kier molecular flexibility index (Phi) is 14.1. The van der Waals surface area contributed by atoms with Gasteiger partial charge in [0.2, 0.25) is 0 Å². The van der Waals surface area contributed by atoms with Crippen molar-refractivity contribution in [3.63, 3.8) is 0 Å². The fraction of sp³-hybridized carbons (Fsp3) is 0.246. The second-order valence-electron chi connectivity index (χ2n) is 19.8. The third-order valence-corrected chi connectivity index (χ3v) is 16.0. The van der Waals surface area contributed by atoms with Gasteiger partial charge in [-0.25, -0.2) is 19.2 Å². The van der Waals surface area contributed by atoms with Crippen LogP contribution in [0.1, 0.15) is 123 Å². The maximum absolute atomic E-state index is 14.2. The van der Waals surface area contributed by atoms with Gasteiger partial charge in [-0.1, -0.05) is 0 Å². The quantitative estimate of drug-likeness (QED) is 0.0269. The molecule has 0 amide bonds. The van der Waals surface area contributed by atoms with E-state index >= 15 is 0 Å². The van der Waals surface area contributed by atoms with Gasteiger partial charge in [0.05, 0.1) is 34.3 Å². The molecule has 4 heterocycles. The highest BCUT2D eigenvalue weighted by atomic mass is 35.5. The molecule has 0 aliphatic carbocycles. The number of fused-ring (bicyclic) bond motifs is 12. The van der Waals surface area contributed by atoms with E-state index in [4.69, 9.17) is 65.1 Å². The summed E-state index contributed by atoms with van der Waals surface area (Å²) in [5, 5.41) is 58.0. The van der Waals surface area contributed by atoms with Crippen LogP contribution in [-0.2, 0) is 35.1 Å². The number of Topliss-reactive ketones (excluding diaryl/α,β-unsaturated/α-hetero) is 3. The molecule has 0 fully saturated rings. The molecule has 4 unspecified atom stereocenters. The summed E-state index contributed by atoms with van der Waals surface area (Å²) in [6.45, 7) is -0.428. The molecule has 6 aromatic rings. The van der Waals surface area contributed by atoms with Crippen LogP contribution in [0.15, 0.2) is 97.1 Å². The summed E-state index contributed by atoms with van der Waals surface area (Å²) in [7, 11) is 0. The van der Waals surface area contributed by atoms with Gasteiger partial charge in [0.1, 0.15) is 46.0 Å². The van der Waals surface area contributed by atoms with Gasteiger partial charge in [0.15, 0.2) is 39.3 Å². The Balaban J connectivity index is 0.850. The van der Waals surface area contributed by atoms with Crippen molar-refractivity contribution in [2.24, 2.45) is 22.9 Å². The first-order valence-corrected chi connectivity index (χ1v) is 25.7. The Morgan fingerprint density at radius 3 is 1.06 bits per heavy atom. The summed E-state index contributed by atoms with van der Waals surface area (Å²) in [4.78, 5) is 95.0. The van der Waals surface area contributed by atoms with Crippen LogP contribution in [0, 0.1) is 0 Å². The maximum Gasteiger partial charge on any atom is 0.340 e. The molecule has 0 radical (unpaired) electrons. The van der Waals surface area contributed by atoms with Crippen molar-refractivity contribution in [1.29, 1.82) is 0 Å². The number of carboxylic acids is 2. The van der Waals surface area contributed by atoms with E-state index in [1.807, 2.05) is 0 Å². The Labute approximate surface area is 463 Å². The number of phenols is 4. The number of halogens is 2. The fourth-order valence-corrected chi connectivity index (χ4v) is 11.9. The second kappa shape index (κ2) is 20.6. The predicted octanol–water partition coefficient (Wildman–Crippen LogP) is 5.96. The Hall–Kier alpha value is -8.57. The Bertz CT molecular complexity index is 3340. The molecule has 4 aliphatic heterocycles. The first kappa shape index (κ1) is 54.8. The smallest absolute Gasteiger partial charge is 0.340 e. The average molecular weight is 1130 g/mol. The number of ether oxygens (including phenoxy) is 4. The highest BCUT2D eigenvalue weighted by Crippen LogP contribution is 2.60. The van der Waals surface area contributed by atoms with Gasteiger partial charge in [0.25, 0.3) is 0 Å². The van der Waals surface area contributed by atoms with Gasteiger partial charge in [-0.3, -0.25) is 14.4 Å². The summed E-state index contributed by atoms with van der Waals surface area (Å²) < 4.78 is 24.5. The monoisotopic (exact) mass is 1130 g/mol. The number of aromatic carboxylic acids is 2. The molecule has 21 nitrogen and oxygen atoms in total. The van der Waals surface area contributed by atoms with Crippen LogP contribution in [0.5, 0.6) is 46.0 Å². The van der Waals surface area contributed by atoms with E-state index in [0.29, 0.717) is 0 Å². The number of ketones is 3. The van der Waals surface area contributed by atoms with Crippen LogP contribution in [0.25, 0.3) is 0 Å². The number of carbonyl (C=O) groups is 7. The number of alkyl halides is 2. The molecule has 0 saturated carbocycles. The lowest BCUT2D eigenvalue weighted by Crippen LogP contribution is -2.47. The van der Waals surface area contributed by atoms with Crippen molar-refractivity contribution in [3.05, 3.63) is 164 Å². The molecule has 0 bridgehead atoms. The number of carbonyl (C=O) groups excluding carboxylic acids is 5. The SMILES string of the molecule is NCC(CC[C@H](N)C(=O)C(Cl)C(=O)C(Cl)C(=O)[C@@H](N)CCC(CN)c1cc(C(=O)O)cc2c1C(=O)OC21c2ccc(O)cc2Oc2cc(O)ccc21)c1cc(C(=O)O)cc2c1C(=O)OC21c2ccc(O)cc2Oc2cc(O)ccc21. The normalized spacial score (nSPS) is 16.8. The minimum atomic E-state index is -2.06. The van der Waals surface area contributed by atoms with Crippen molar-refractivity contribution in [1.82, 2.24) is 0 Å². The zero-order chi connectivity index (χ0) is 57.4. The number of phenolic OH excluding ortho intramolecular Hbond substituents is 4. The lowest BCUT2D eigenvalue weighted by molar-refractivity contribution is -0.130. The number of rotatable bonds is 18. The van der Waals surface area contributed by atoms with Crippen LogP contribution in [-0.4, -0.2) is 108 Å². The van der Waals surface area contributed by atoms with Crippen LogP contribution in [0.4, 0.5) is 0 Å². The number of hydrogen-bond donors (Lipinski definition) is 10. The fourth-order valence-electron chi connectivity index (χ4n) is 11.2. The Morgan fingerprint density at radius 1 is 0.463 bits per heavy atom. The van der Waals surface area contributed by atoms with Gasteiger partial charge >= 0.3 is 23.9 Å². The van der Waals surface area contributed by atoms with Crippen molar-refractivity contribution in [2.75, 3.05) is 13.1 Å². The highest BCUT2D eigenvalue weighted by molar-refractivity contribution is 6.52. The van der Waals surface area contributed by atoms with Crippen LogP contribution in [0.2, 0.25) is 0 Å². The number of nitrogens with two attached hydrogens (primary N) is 4. The van der Waals surface area contributed by atoms with Gasteiger partial charge in [-0.2, -0.15) is 0 Å². The summed E-state index contributed by atoms with van der Waals surface area (Å²) >= 11 is 12.8. The Morgan fingerprint density at radius 2 is 0.775 bits per heavy atom. The van der Waals surface area contributed by atoms with Crippen molar-refractivity contribution in [2.45, 2.75) is 71.6 Å². The molecule has 80 heavy (non-hydrogen) atoms. The van der Waals surface area contributed by atoms with Gasteiger partial charge < -0.3 is 72.5 Å². The van der Waals surface area contributed by atoms with Crippen molar-refractivity contribution >= 4 is 64.4 Å². The molecule has 10 rings (SSSR count). The number of carboxylic acid groups (broad SMARTS) is 2. The summed E-state index contributed by atoms with van der Waals surface area (Å²) in [5.41, 5.74) is 22.3. The van der Waals surface area contributed by atoms with Crippen LogP contribution < -0.4 is 32.4 Å². The zero-order valence-electron chi connectivity index (χ0n) is 41.7. The van der Waals surface area contributed by atoms with Crippen LogP contribution >= 0.6 is 23.2 Å². The molecule has 6 aromatic carbocycles. The molecule has 14 N–H and O–H groups in total. The number of aromatic hydroxyl groups is 4. The molecule has 6 atom stereocenters. The molecule has 4 aliphatic rings. The van der Waals surface area contributed by atoms with Gasteiger partial charge in [0, 0.05) is 57.6 Å². The van der Waals surface area contributed by atoms with E-state index in [2.05, 4.69) is 0 Å². The second-order valence-corrected chi connectivity index (χ2v) is 20.7. The van der Waals surface area contributed by atoms with E-state index in [1.165, 1.54) is 97.1 Å². The molecular formula is C57H48Cl2N4O17. The minimum Gasteiger partial charge on any atom is -0.508 e. The number of benzene rings is 6. The first-order chi connectivity index (χ1) is 38.0. The summed E-state index contributed by atoms with van der Waals surface area (Å²) in [6, 6.07) is 18.3. The zero-order valence-corrected chi connectivity index (χ0v) is 43.2. The maximum atomic E-state index is 14.2. The standard InChI is InChI=1S/C57H48Cl2N4O17/c58-47(49(68)39(62)11-1-23(21-60)31-13-25(52(71)72)15-37-45(31)54(75)79-56(37)33-7-3-27(64)17-41(33)77-42-18-28(65)4-8-34(42)56)51(70)48(59)50(69)40(63)12-2-24(22-61)32-14-26(53(73)74)16-38-46(32)55(76)80-57(38)35-9-5-29(66)19-43(35)78-44-20-30(67)6-10-36(44)57/h3-10,13-20,23-24,39-40,47-48,64-67H,1-2,11-12,21-22,60-63H2,(H,71,72)(H,73,74)/t23?,24?,39-,40-,47?,48?/m0/s1. The highest BCUT2D eigenvalue weighted by Gasteiger charge is 2.57. The lowest BCUT2D eigenvalue weighted by Gasteiger charge is -2.36.